The number of aliphatic hydroxyl groups is 1. The summed E-state index contributed by atoms with van der Waals surface area (Å²) in [5.41, 5.74) is 1.86. The second-order valence-corrected chi connectivity index (χ2v) is 7.89. The lowest BCUT2D eigenvalue weighted by Crippen LogP contribution is -2.42. The molecule has 3 heterocycles. The zero-order valence-electron chi connectivity index (χ0n) is 18.3. The normalized spacial score (nSPS) is 21.2. The fourth-order valence-electron chi connectivity index (χ4n) is 4.21. The number of carbonyl (C=O) groups excluding carboxylic acids is 2. The van der Waals surface area contributed by atoms with Crippen molar-refractivity contribution in [1.82, 2.24) is 14.8 Å². The molecular formula is C24H27N3O5. The van der Waals surface area contributed by atoms with Crippen molar-refractivity contribution in [2.24, 2.45) is 0 Å². The van der Waals surface area contributed by atoms with E-state index in [1.54, 1.807) is 43.6 Å². The number of pyridine rings is 1. The first-order valence-electron chi connectivity index (χ1n) is 10.7. The second-order valence-electron chi connectivity index (χ2n) is 7.89. The Labute approximate surface area is 187 Å². The number of rotatable bonds is 6. The molecule has 0 radical (unpaired) electrons. The van der Waals surface area contributed by atoms with Crippen molar-refractivity contribution >= 4 is 17.4 Å². The predicted octanol–water partition coefficient (Wildman–Crippen LogP) is 2.15. The smallest absolute Gasteiger partial charge is 0.295 e. The number of aryl methyl sites for hydroxylation is 1. The van der Waals surface area contributed by atoms with Crippen molar-refractivity contribution in [2.75, 3.05) is 46.5 Å². The summed E-state index contributed by atoms with van der Waals surface area (Å²) in [4.78, 5) is 34.2. The maximum absolute atomic E-state index is 13.1. The molecule has 2 aliphatic rings. The van der Waals surface area contributed by atoms with Gasteiger partial charge in [-0.05, 0) is 42.8 Å². The molecule has 0 spiro atoms. The number of nitrogens with zero attached hydrogens (tertiary/aromatic N) is 3. The maximum Gasteiger partial charge on any atom is 0.295 e. The van der Waals surface area contributed by atoms with Crippen LogP contribution in [0.15, 0.2) is 48.2 Å². The molecule has 0 saturated carbocycles. The number of aromatic nitrogens is 1. The quantitative estimate of drug-likeness (QED) is 0.421. The summed E-state index contributed by atoms with van der Waals surface area (Å²) in [6, 6.07) is 9.75. The molecule has 4 rings (SSSR count). The lowest BCUT2D eigenvalue weighted by molar-refractivity contribution is -0.140. The minimum absolute atomic E-state index is 0.0558. The van der Waals surface area contributed by atoms with Gasteiger partial charge in [-0.2, -0.15) is 0 Å². The van der Waals surface area contributed by atoms with Crippen molar-refractivity contribution < 1.29 is 24.2 Å². The molecule has 32 heavy (non-hydrogen) atoms. The van der Waals surface area contributed by atoms with Crippen LogP contribution in [0.3, 0.4) is 0 Å². The Hall–Kier alpha value is -3.23. The van der Waals surface area contributed by atoms with Gasteiger partial charge in [0.25, 0.3) is 11.7 Å². The van der Waals surface area contributed by atoms with Gasteiger partial charge >= 0.3 is 0 Å². The van der Waals surface area contributed by atoms with Crippen molar-refractivity contribution in [3.05, 3.63) is 65.0 Å². The molecule has 2 saturated heterocycles. The number of ether oxygens (including phenoxy) is 2. The number of likely N-dealkylation sites (tertiary alicyclic amines) is 1. The number of benzene rings is 1. The molecule has 0 unspecified atom stereocenters. The highest BCUT2D eigenvalue weighted by molar-refractivity contribution is 6.46. The lowest BCUT2D eigenvalue weighted by atomic mass is 9.97. The van der Waals surface area contributed by atoms with Gasteiger partial charge in [-0.1, -0.05) is 6.07 Å². The van der Waals surface area contributed by atoms with E-state index in [1.807, 2.05) is 13.0 Å². The van der Waals surface area contributed by atoms with Crippen molar-refractivity contribution in [3.63, 3.8) is 0 Å². The third-order valence-electron chi connectivity index (χ3n) is 5.94. The van der Waals surface area contributed by atoms with Crippen molar-refractivity contribution in [1.29, 1.82) is 0 Å². The monoisotopic (exact) mass is 437 g/mol. The highest BCUT2D eigenvalue weighted by Gasteiger charge is 2.46. The van der Waals surface area contributed by atoms with Crippen LogP contribution >= 0.6 is 0 Å². The minimum Gasteiger partial charge on any atom is -0.507 e. The number of aliphatic hydroxyl groups excluding tert-OH is 1. The van der Waals surface area contributed by atoms with Crippen LogP contribution in [0.4, 0.5) is 0 Å². The predicted molar refractivity (Wildman–Crippen MR) is 118 cm³/mol. The fraction of sp³-hybridized carbons (Fsp3) is 0.375. The van der Waals surface area contributed by atoms with E-state index in [-0.39, 0.29) is 11.3 Å². The van der Waals surface area contributed by atoms with Gasteiger partial charge in [0.1, 0.15) is 17.6 Å². The Balaban J connectivity index is 1.72. The molecule has 1 aromatic heterocycles. The van der Waals surface area contributed by atoms with E-state index in [4.69, 9.17) is 9.47 Å². The van der Waals surface area contributed by atoms with Crippen LogP contribution in [-0.2, 0) is 14.3 Å². The number of hydrogen-bond acceptors (Lipinski definition) is 7. The molecule has 2 aliphatic heterocycles. The van der Waals surface area contributed by atoms with Gasteiger partial charge in [0.15, 0.2) is 0 Å². The molecule has 1 amide bonds. The first-order chi connectivity index (χ1) is 15.5. The van der Waals surface area contributed by atoms with E-state index in [9.17, 15) is 14.7 Å². The molecule has 8 heteroatoms. The summed E-state index contributed by atoms with van der Waals surface area (Å²) in [7, 11) is 1.57. The second kappa shape index (κ2) is 9.50. The molecular weight excluding hydrogens is 410 g/mol. The molecule has 2 aromatic rings. The number of methoxy groups -OCH3 is 1. The third kappa shape index (κ3) is 4.24. The number of amides is 1. The lowest BCUT2D eigenvalue weighted by Gasteiger charge is -2.30. The number of hydrogen-bond donors (Lipinski definition) is 1. The molecule has 1 aromatic carbocycles. The SMILES string of the molecule is COc1ccc(C(O)=C2C(=O)C(=O)N(CCN3CCOCC3)[C@@H]2c2ccccn2)cc1C. The van der Waals surface area contributed by atoms with E-state index in [1.165, 1.54) is 4.90 Å². The average molecular weight is 437 g/mol. The highest BCUT2D eigenvalue weighted by Crippen LogP contribution is 2.38. The Bertz CT molecular complexity index is 1030. The zero-order valence-corrected chi connectivity index (χ0v) is 18.3. The molecule has 0 bridgehead atoms. The average Bonchev–Trinajstić information content (AvgIpc) is 3.08. The van der Waals surface area contributed by atoms with E-state index in [2.05, 4.69) is 9.88 Å². The summed E-state index contributed by atoms with van der Waals surface area (Å²) >= 11 is 0. The van der Waals surface area contributed by atoms with Crippen LogP contribution in [0, 0.1) is 6.92 Å². The van der Waals surface area contributed by atoms with E-state index >= 15 is 0 Å². The van der Waals surface area contributed by atoms with Gasteiger partial charge in [-0.15, -0.1) is 0 Å². The Morgan fingerprint density at radius 2 is 1.97 bits per heavy atom. The van der Waals surface area contributed by atoms with Crippen LogP contribution in [0.25, 0.3) is 5.76 Å². The Kier molecular flexibility index (Phi) is 6.53. The molecule has 1 atom stereocenters. The third-order valence-corrected chi connectivity index (χ3v) is 5.94. The summed E-state index contributed by atoms with van der Waals surface area (Å²) < 4.78 is 10.7. The van der Waals surface area contributed by atoms with Crippen LogP contribution in [0.5, 0.6) is 5.75 Å². The largest absolute Gasteiger partial charge is 0.507 e. The first kappa shape index (κ1) is 22.0. The highest BCUT2D eigenvalue weighted by atomic mass is 16.5. The summed E-state index contributed by atoms with van der Waals surface area (Å²) in [5, 5.41) is 11.1. The summed E-state index contributed by atoms with van der Waals surface area (Å²) in [6.07, 6.45) is 1.62. The Morgan fingerprint density at radius 3 is 2.62 bits per heavy atom. The van der Waals surface area contributed by atoms with Gasteiger partial charge in [0, 0.05) is 37.9 Å². The van der Waals surface area contributed by atoms with E-state index < -0.39 is 17.7 Å². The van der Waals surface area contributed by atoms with Crippen molar-refractivity contribution in [2.45, 2.75) is 13.0 Å². The number of Topliss-reactive ketones (excluding diaryl/α,β-unsaturated/α-hetero) is 1. The number of carbonyl (C=O) groups is 2. The van der Waals surface area contributed by atoms with Gasteiger partial charge in [-0.25, -0.2) is 0 Å². The topological polar surface area (TPSA) is 92.2 Å². The maximum atomic E-state index is 13.1. The van der Waals surface area contributed by atoms with E-state index in [0.29, 0.717) is 43.3 Å². The van der Waals surface area contributed by atoms with Gasteiger partial charge in [0.05, 0.1) is 31.6 Å². The molecule has 168 valence electrons. The molecule has 1 N–H and O–H groups in total. The van der Waals surface area contributed by atoms with Crippen molar-refractivity contribution in [3.8, 4) is 5.75 Å². The fourth-order valence-corrected chi connectivity index (χ4v) is 4.21. The number of morpholine rings is 1. The van der Waals surface area contributed by atoms with E-state index in [0.717, 1.165) is 18.7 Å². The van der Waals surface area contributed by atoms with Crippen LogP contribution in [0.1, 0.15) is 22.9 Å². The summed E-state index contributed by atoms with van der Waals surface area (Å²) in [6.45, 7) is 5.68. The zero-order chi connectivity index (χ0) is 22.7. The van der Waals surface area contributed by atoms with Crippen LogP contribution in [0.2, 0.25) is 0 Å². The minimum atomic E-state index is -0.750. The van der Waals surface area contributed by atoms with Gasteiger partial charge < -0.3 is 19.5 Å². The summed E-state index contributed by atoms with van der Waals surface area (Å²) in [5.74, 6) is -0.860. The number of ketones is 1. The van der Waals surface area contributed by atoms with Gasteiger partial charge in [-0.3, -0.25) is 19.5 Å². The molecule has 8 nitrogen and oxygen atoms in total. The molecule has 0 aliphatic carbocycles. The Morgan fingerprint density at radius 1 is 1.19 bits per heavy atom. The van der Waals surface area contributed by atoms with Gasteiger partial charge in [0.2, 0.25) is 0 Å². The standard InChI is InChI=1S/C24H27N3O5/c1-16-15-17(6-7-19(16)31-2)22(28)20-21(18-5-3-4-8-25-18)27(24(30)23(20)29)10-9-26-11-13-32-14-12-26/h3-8,15,21,28H,9-14H2,1-2H3/t21-/m1/s1. The molecule has 2 fully saturated rings. The van der Waals surface area contributed by atoms with Crippen LogP contribution in [-0.4, -0.2) is 78.1 Å². The first-order valence-corrected chi connectivity index (χ1v) is 10.7. The van der Waals surface area contributed by atoms with Crippen LogP contribution < -0.4 is 4.74 Å².